The summed E-state index contributed by atoms with van der Waals surface area (Å²) in [5, 5.41) is 0. The van der Waals surface area contributed by atoms with Crippen LogP contribution < -0.4 is 0 Å². The number of rotatable bonds is 8. The zero-order valence-electron chi connectivity index (χ0n) is 10.8. The zero-order valence-corrected chi connectivity index (χ0v) is 12.4. The molecule has 0 radical (unpaired) electrons. The van der Waals surface area contributed by atoms with Gasteiger partial charge in [-0.25, -0.2) is 0 Å². The second-order valence-corrected chi connectivity index (χ2v) is 5.08. The molecule has 0 spiro atoms. The van der Waals surface area contributed by atoms with Crippen molar-refractivity contribution in [2.24, 2.45) is 0 Å². The molecule has 0 fully saturated rings. The van der Waals surface area contributed by atoms with Gasteiger partial charge in [0, 0.05) is 0 Å². The van der Waals surface area contributed by atoms with Crippen LogP contribution in [0.5, 0.6) is 0 Å². The first-order valence-corrected chi connectivity index (χ1v) is 7.64. The molecule has 0 saturated heterocycles. The predicted molar refractivity (Wildman–Crippen MR) is 81.5 cm³/mol. The van der Waals surface area contributed by atoms with E-state index in [1.807, 2.05) is 4.99 Å². The highest BCUT2D eigenvalue weighted by atomic mass is 79.9. The molecule has 0 aliphatic heterocycles. The summed E-state index contributed by atoms with van der Waals surface area (Å²) in [5.74, 6) is 0. The van der Waals surface area contributed by atoms with Gasteiger partial charge in [-0.3, -0.25) is 0 Å². The van der Waals surface area contributed by atoms with Crippen molar-refractivity contribution in [2.45, 2.75) is 51.9 Å². The topological polar surface area (TPSA) is 0 Å². The third kappa shape index (κ3) is 6.68. The van der Waals surface area contributed by atoms with E-state index >= 15 is 0 Å². The summed E-state index contributed by atoms with van der Waals surface area (Å²) in [6, 6.07) is 8.86. The molecule has 1 rings (SSSR count). The average Bonchev–Trinajstić information content (AvgIpc) is 2.36. The summed E-state index contributed by atoms with van der Waals surface area (Å²) in [6.45, 7) is 2.27. The highest BCUT2D eigenvalue weighted by Crippen LogP contribution is 2.12. The maximum absolute atomic E-state index is 3.30. The Hall–Kier alpha value is -0.560. The molecule has 1 aromatic carbocycles. The fourth-order valence-electron chi connectivity index (χ4n) is 1.98. The minimum atomic E-state index is 1.23. The third-order valence-electron chi connectivity index (χ3n) is 3.05. The van der Waals surface area contributed by atoms with E-state index in [1.165, 1.54) is 56.1 Å². The molecule has 0 heterocycles. The van der Waals surface area contributed by atoms with Crippen LogP contribution in [-0.2, 0) is 6.42 Å². The summed E-state index contributed by atoms with van der Waals surface area (Å²) >= 11 is 3.30. The van der Waals surface area contributed by atoms with Crippen LogP contribution in [0.25, 0.3) is 6.08 Å². The maximum atomic E-state index is 3.30. The summed E-state index contributed by atoms with van der Waals surface area (Å²) < 4.78 is 0. The number of hydrogen-bond acceptors (Lipinski definition) is 0. The molecule has 1 aromatic rings. The van der Waals surface area contributed by atoms with Crippen molar-refractivity contribution in [3.8, 4) is 0 Å². The Kier molecular flexibility index (Phi) is 8.08. The first-order chi connectivity index (χ1) is 8.36. The first-order valence-electron chi connectivity index (χ1n) is 6.72. The van der Waals surface area contributed by atoms with E-state index in [-0.39, 0.29) is 0 Å². The van der Waals surface area contributed by atoms with Crippen LogP contribution in [0.1, 0.15) is 56.6 Å². The van der Waals surface area contributed by atoms with E-state index in [9.17, 15) is 0 Å². The van der Waals surface area contributed by atoms with Gasteiger partial charge in [-0.05, 0) is 35.0 Å². The van der Waals surface area contributed by atoms with Crippen LogP contribution in [0.15, 0.2) is 29.3 Å². The normalized spacial score (nSPS) is 11.2. The van der Waals surface area contributed by atoms with Gasteiger partial charge in [0.1, 0.15) is 0 Å². The lowest BCUT2D eigenvalue weighted by molar-refractivity contribution is 0.607. The Bertz CT molecular complexity index is 311. The number of benzene rings is 1. The van der Waals surface area contributed by atoms with Gasteiger partial charge in [-0.2, -0.15) is 0 Å². The Morgan fingerprint density at radius 1 is 0.941 bits per heavy atom. The minimum absolute atomic E-state index is 1.23. The number of aryl methyl sites for hydroxylation is 1. The van der Waals surface area contributed by atoms with E-state index in [0.717, 1.165) is 0 Å². The van der Waals surface area contributed by atoms with Gasteiger partial charge < -0.3 is 0 Å². The minimum Gasteiger partial charge on any atom is -0.0654 e. The standard InChI is InChI=1S/C16H23Br/c1-2-3-4-5-6-7-8-15-9-11-16(12-10-15)13-14-17/h9-14H,2-8H2,1H3/b14-13+. The molecular formula is C16H23Br. The van der Waals surface area contributed by atoms with Crippen molar-refractivity contribution in [3.05, 3.63) is 40.4 Å². The van der Waals surface area contributed by atoms with Gasteiger partial charge in [-0.15, -0.1) is 0 Å². The predicted octanol–water partition coefficient (Wildman–Crippen LogP) is 5.96. The molecule has 1 heteroatoms. The quantitative estimate of drug-likeness (QED) is 0.519. The highest BCUT2D eigenvalue weighted by Gasteiger charge is 1.94. The average molecular weight is 295 g/mol. The molecule has 0 nitrogen and oxygen atoms in total. The van der Waals surface area contributed by atoms with Crippen molar-refractivity contribution in [1.82, 2.24) is 0 Å². The monoisotopic (exact) mass is 294 g/mol. The number of halogens is 1. The molecule has 0 amide bonds. The van der Waals surface area contributed by atoms with Gasteiger partial charge in [0.15, 0.2) is 0 Å². The molecule has 0 aliphatic carbocycles. The Balaban J connectivity index is 2.18. The summed E-state index contributed by atoms with van der Waals surface area (Å²) in [7, 11) is 0. The van der Waals surface area contributed by atoms with Crippen LogP contribution in [0, 0.1) is 0 Å². The second-order valence-electron chi connectivity index (χ2n) is 4.55. The number of hydrogen-bond donors (Lipinski definition) is 0. The van der Waals surface area contributed by atoms with E-state index in [4.69, 9.17) is 0 Å². The SMILES string of the molecule is CCCCCCCCc1ccc(/C=C/Br)cc1. The van der Waals surface area contributed by atoms with E-state index in [1.54, 1.807) is 0 Å². The summed E-state index contributed by atoms with van der Waals surface area (Å²) in [6.07, 6.45) is 11.5. The lowest BCUT2D eigenvalue weighted by Gasteiger charge is -2.02. The highest BCUT2D eigenvalue weighted by molar-refractivity contribution is 9.11. The second kappa shape index (κ2) is 9.47. The van der Waals surface area contributed by atoms with Crippen molar-refractivity contribution < 1.29 is 0 Å². The van der Waals surface area contributed by atoms with E-state index in [0.29, 0.717) is 0 Å². The Morgan fingerprint density at radius 3 is 2.24 bits per heavy atom. The molecule has 0 aliphatic rings. The van der Waals surface area contributed by atoms with Gasteiger partial charge in [-0.1, -0.05) is 79.2 Å². The van der Waals surface area contributed by atoms with Gasteiger partial charge >= 0.3 is 0 Å². The number of unbranched alkanes of at least 4 members (excludes halogenated alkanes) is 5. The summed E-state index contributed by atoms with van der Waals surface area (Å²) in [4.78, 5) is 1.90. The van der Waals surface area contributed by atoms with Crippen molar-refractivity contribution >= 4 is 22.0 Å². The fourth-order valence-corrected chi connectivity index (χ4v) is 2.28. The smallest absolute Gasteiger partial charge is 0.0183 e. The molecule has 0 N–H and O–H groups in total. The molecule has 0 saturated carbocycles. The lowest BCUT2D eigenvalue weighted by Crippen LogP contribution is -1.86. The summed E-state index contributed by atoms with van der Waals surface area (Å²) in [5.41, 5.74) is 2.72. The fraction of sp³-hybridized carbons (Fsp3) is 0.500. The van der Waals surface area contributed by atoms with Crippen LogP contribution in [-0.4, -0.2) is 0 Å². The van der Waals surface area contributed by atoms with Crippen LogP contribution in [0.4, 0.5) is 0 Å². The molecule has 0 atom stereocenters. The van der Waals surface area contributed by atoms with Crippen molar-refractivity contribution in [1.29, 1.82) is 0 Å². The molecule has 0 unspecified atom stereocenters. The van der Waals surface area contributed by atoms with Crippen molar-refractivity contribution in [3.63, 3.8) is 0 Å². The molecule has 17 heavy (non-hydrogen) atoms. The lowest BCUT2D eigenvalue weighted by atomic mass is 10.0. The molecule has 0 bridgehead atoms. The Morgan fingerprint density at radius 2 is 1.59 bits per heavy atom. The van der Waals surface area contributed by atoms with E-state index in [2.05, 4.69) is 53.2 Å². The van der Waals surface area contributed by atoms with E-state index < -0.39 is 0 Å². The maximum Gasteiger partial charge on any atom is -0.0183 e. The van der Waals surface area contributed by atoms with Crippen LogP contribution in [0.2, 0.25) is 0 Å². The first kappa shape index (κ1) is 14.5. The molecular weight excluding hydrogens is 272 g/mol. The van der Waals surface area contributed by atoms with Crippen molar-refractivity contribution in [2.75, 3.05) is 0 Å². The largest absolute Gasteiger partial charge is 0.0654 e. The molecule has 0 aromatic heterocycles. The van der Waals surface area contributed by atoms with Gasteiger partial charge in [0.25, 0.3) is 0 Å². The molecule has 94 valence electrons. The van der Waals surface area contributed by atoms with Crippen LogP contribution in [0.3, 0.4) is 0 Å². The van der Waals surface area contributed by atoms with Gasteiger partial charge in [0.2, 0.25) is 0 Å². The zero-order chi connectivity index (χ0) is 12.3. The Labute approximate surface area is 114 Å². The van der Waals surface area contributed by atoms with Gasteiger partial charge in [0.05, 0.1) is 0 Å². The van der Waals surface area contributed by atoms with Crippen LogP contribution >= 0.6 is 15.9 Å². The third-order valence-corrected chi connectivity index (χ3v) is 3.32.